The van der Waals surface area contributed by atoms with Gasteiger partial charge in [0.2, 0.25) is 10.0 Å². The van der Waals surface area contributed by atoms with Gasteiger partial charge in [-0.15, -0.1) is 0 Å². The summed E-state index contributed by atoms with van der Waals surface area (Å²) in [4.78, 5) is 0. The fourth-order valence-electron chi connectivity index (χ4n) is 1.46. The number of nitrogens with zero attached hydrogens (tertiary/aromatic N) is 1. The molecule has 0 aromatic heterocycles. The molecule has 0 aromatic rings. The highest BCUT2D eigenvalue weighted by atomic mass is 32.2. The molecule has 0 spiro atoms. The molecule has 1 saturated heterocycles. The van der Waals surface area contributed by atoms with E-state index in [9.17, 15) is 8.42 Å². The van der Waals surface area contributed by atoms with Crippen LogP contribution in [0.3, 0.4) is 0 Å². The summed E-state index contributed by atoms with van der Waals surface area (Å²) >= 11 is 0. The molecule has 2 N–H and O–H groups in total. The van der Waals surface area contributed by atoms with Crippen LogP contribution in [0.2, 0.25) is 0 Å². The minimum absolute atomic E-state index is 0.0383. The molecule has 0 bridgehead atoms. The number of hydrogen-bond acceptors (Lipinski definition) is 3. The van der Waals surface area contributed by atoms with Gasteiger partial charge in [-0.25, -0.2) is 12.7 Å². The molecular formula is C8H18N2O2S. The maximum absolute atomic E-state index is 11.6. The van der Waals surface area contributed by atoms with Crippen molar-refractivity contribution in [3.63, 3.8) is 0 Å². The van der Waals surface area contributed by atoms with Crippen LogP contribution in [0.4, 0.5) is 0 Å². The smallest absolute Gasteiger partial charge is 0.214 e. The molecule has 0 aliphatic carbocycles. The van der Waals surface area contributed by atoms with Gasteiger partial charge in [0.1, 0.15) is 0 Å². The van der Waals surface area contributed by atoms with E-state index in [-0.39, 0.29) is 11.8 Å². The molecule has 0 aromatic carbocycles. The number of hydrogen-bond donors (Lipinski definition) is 1. The normalized spacial score (nSPS) is 25.2. The molecule has 1 fully saturated rings. The Morgan fingerprint density at radius 3 is 2.69 bits per heavy atom. The summed E-state index contributed by atoms with van der Waals surface area (Å²) in [7, 11) is -3.00. The van der Waals surface area contributed by atoms with Gasteiger partial charge >= 0.3 is 0 Å². The lowest BCUT2D eigenvalue weighted by molar-refractivity contribution is 0.470. The van der Waals surface area contributed by atoms with E-state index < -0.39 is 10.0 Å². The summed E-state index contributed by atoms with van der Waals surface area (Å²) in [6, 6.07) is 0.0383. The van der Waals surface area contributed by atoms with Gasteiger partial charge in [0.05, 0.1) is 5.75 Å². The van der Waals surface area contributed by atoms with E-state index in [2.05, 4.69) is 0 Å². The molecule has 0 radical (unpaired) electrons. The Morgan fingerprint density at radius 1 is 1.54 bits per heavy atom. The molecule has 1 aliphatic rings. The zero-order chi connectivity index (χ0) is 9.90. The largest absolute Gasteiger partial charge is 0.326 e. The molecule has 1 atom stereocenters. The van der Waals surface area contributed by atoms with E-state index >= 15 is 0 Å². The van der Waals surface area contributed by atoms with E-state index in [1.54, 1.807) is 0 Å². The van der Waals surface area contributed by atoms with E-state index in [1.165, 1.54) is 4.31 Å². The summed E-state index contributed by atoms with van der Waals surface area (Å²) in [6.45, 7) is 3.10. The van der Waals surface area contributed by atoms with Crippen LogP contribution in [0.25, 0.3) is 0 Å². The Morgan fingerprint density at radius 2 is 2.23 bits per heavy atom. The van der Waals surface area contributed by atoms with Gasteiger partial charge in [-0.3, -0.25) is 0 Å². The topological polar surface area (TPSA) is 63.4 Å². The van der Waals surface area contributed by atoms with Crippen LogP contribution in [0.15, 0.2) is 0 Å². The van der Waals surface area contributed by atoms with Crippen molar-refractivity contribution in [2.75, 3.05) is 18.8 Å². The average molecular weight is 206 g/mol. The van der Waals surface area contributed by atoms with Crippen molar-refractivity contribution >= 4 is 10.0 Å². The van der Waals surface area contributed by atoms with Gasteiger partial charge in [-0.2, -0.15) is 0 Å². The molecule has 0 saturated carbocycles. The zero-order valence-electron chi connectivity index (χ0n) is 8.07. The second kappa shape index (κ2) is 4.39. The van der Waals surface area contributed by atoms with Gasteiger partial charge in [0.25, 0.3) is 0 Å². The quantitative estimate of drug-likeness (QED) is 0.712. The van der Waals surface area contributed by atoms with E-state index in [0.29, 0.717) is 13.1 Å². The Balaban J connectivity index is 2.50. The van der Waals surface area contributed by atoms with Gasteiger partial charge in [-0.05, 0) is 12.8 Å². The van der Waals surface area contributed by atoms with E-state index in [0.717, 1.165) is 19.3 Å². The maximum atomic E-state index is 11.6. The van der Waals surface area contributed by atoms with Crippen LogP contribution >= 0.6 is 0 Å². The van der Waals surface area contributed by atoms with Crippen LogP contribution in [-0.2, 0) is 10.0 Å². The second-order valence-electron chi connectivity index (χ2n) is 3.58. The number of rotatable bonds is 4. The molecule has 13 heavy (non-hydrogen) atoms. The SMILES string of the molecule is CCCCS(=O)(=O)N1CCC(N)C1. The summed E-state index contributed by atoms with van der Waals surface area (Å²) < 4.78 is 24.7. The lowest BCUT2D eigenvalue weighted by Crippen LogP contribution is -2.33. The third-order valence-electron chi connectivity index (χ3n) is 2.34. The first-order chi connectivity index (χ1) is 6.06. The highest BCUT2D eigenvalue weighted by molar-refractivity contribution is 7.89. The van der Waals surface area contributed by atoms with Crippen molar-refractivity contribution in [3.8, 4) is 0 Å². The highest BCUT2D eigenvalue weighted by Crippen LogP contribution is 2.13. The number of sulfonamides is 1. The zero-order valence-corrected chi connectivity index (χ0v) is 8.89. The molecule has 1 rings (SSSR count). The first kappa shape index (κ1) is 10.9. The standard InChI is InChI=1S/C8H18N2O2S/c1-2-3-6-13(11,12)10-5-4-8(9)7-10/h8H,2-7,9H2,1H3. The molecular weight excluding hydrogens is 188 g/mol. The number of nitrogens with two attached hydrogens (primary N) is 1. The third kappa shape index (κ3) is 2.93. The maximum Gasteiger partial charge on any atom is 0.214 e. The summed E-state index contributed by atoms with van der Waals surface area (Å²) in [6.07, 6.45) is 2.46. The molecule has 0 amide bonds. The molecule has 1 aliphatic heterocycles. The van der Waals surface area contributed by atoms with Crippen LogP contribution in [0.5, 0.6) is 0 Å². The predicted octanol–water partition coefficient (Wildman–Crippen LogP) is 0.149. The van der Waals surface area contributed by atoms with E-state index in [4.69, 9.17) is 5.73 Å². The van der Waals surface area contributed by atoms with Crippen LogP contribution < -0.4 is 5.73 Å². The van der Waals surface area contributed by atoms with Crippen molar-refractivity contribution in [1.82, 2.24) is 4.31 Å². The average Bonchev–Trinajstić information content (AvgIpc) is 2.49. The second-order valence-corrected chi connectivity index (χ2v) is 5.66. The molecule has 1 unspecified atom stereocenters. The summed E-state index contributed by atoms with van der Waals surface area (Å²) in [5.74, 6) is 0.274. The van der Waals surface area contributed by atoms with Crippen molar-refractivity contribution in [3.05, 3.63) is 0 Å². The minimum Gasteiger partial charge on any atom is -0.326 e. The van der Waals surface area contributed by atoms with Crippen LogP contribution in [-0.4, -0.2) is 37.6 Å². The van der Waals surface area contributed by atoms with Crippen LogP contribution in [0.1, 0.15) is 26.2 Å². The first-order valence-electron chi connectivity index (χ1n) is 4.79. The van der Waals surface area contributed by atoms with Crippen LogP contribution in [0, 0.1) is 0 Å². The lowest BCUT2D eigenvalue weighted by atomic mass is 10.3. The summed E-state index contributed by atoms with van der Waals surface area (Å²) in [5.41, 5.74) is 5.64. The Kier molecular flexibility index (Phi) is 3.70. The third-order valence-corrected chi connectivity index (χ3v) is 4.26. The van der Waals surface area contributed by atoms with Gasteiger partial charge in [0.15, 0.2) is 0 Å². The van der Waals surface area contributed by atoms with E-state index in [1.807, 2.05) is 6.92 Å². The van der Waals surface area contributed by atoms with Crippen molar-refractivity contribution in [1.29, 1.82) is 0 Å². The van der Waals surface area contributed by atoms with Gasteiger partial charge in [-0.1, -0.05) is 13.3 Å². The monoisotopic (exact) mass is 206 g/mol. The molecule has 5 heteroatoms. The first-order valence-corrected chi connectivity index (χ1v) is 6.40. The molecule has 78 valence electrons. The van der Waals surface area contributed by atoms with Crippen molar-refractivity contribution in [2.24, 2.45) is 5.73 Å². The Hall–Kier alpha value is -0.130. The van der Waals surface area contributed by atoms with Crippen molar-refractivity contribution < 1.29 is 8.42 Å². The molecule has 1 heterocycles. The minimum atomic E-state index is -3.00. The number of unbranched alkanes of at least 4 members (excludes halogenated alkanes) is 1. The highest BCUT2D eigenvalue weighted by Gasteiger charge is 2.28. The lowest BCUT2D eigenvalue weighted by Gasteiger charge is -2.15. The summed E-state index contributed by atoms with van der Waals surface area (Å²) in [5, 5.41) is 0. The van der Waals surface area contributed by atoms with Gasteiger partial charge in [0, 0.05) is 19.1 Å². The Bertz CT molecular complexity index is 251. The fraction of sp³-hybridized carbons (Fsp3) is 1.00. The van der Waals surface area contributed by atoms with Gasteiger partial charge < -0.3 is 5.73 Å². The fourth-order valence-corrected chi connectivity index (χ4v) is 3.18. The molecule has 4 nitrogen and oxygen atoms in total. The predicted molar refractivity (Wildman–Crippen MR) is 52.9 cm³/mol. The Labute approximate surface area is 80.1 Å². The van der Waals surface area contributed by atoms with Crippen molar-refractivity contribution in [2.45, 2.75) is 32.2 Å².